The van der Waals surface area contributed by atoms with Gasteiger partial charge in [0.2, 0.25) is 0 Å². The maximum atomic E-state index is 5.70. The third-order valence-electron chi connectivity index (χ3n) is 3.02. The minimum absolute atomic E-state index is 0.597. The van der Waals surface area contributed by atoms with Gasteiger partial charge in [0.05, 0.1) is 12.8 Å². The average Bonchev–Trinajstić information content (AvgIpc) is 2.31. The van der Waals surface area contributed by atoms with Gasteiger partial charge in [0.25, 0.3) is 0 Å². The molecule has 0 aliphatic carbocycles. The third-order valence-corrected chi connectivity index (χ3v) is 4.33. The summed E-state index contributed by atoms with van der Waals surface area (Å²) in [6.45, 7) is 7.01. The Morgan fingerprint density at radius 1 is 1.53 bits per heavy atom. The Morgan fingerprint density at radius 2 is 2.29 bits per heavy atom. The van der Waals surface area contributed by atoms with Crippen molar-refractivity contribution in [3.8, 4) is 5.75 Å². The van der Waals surface area contributed by atoms with E-state index in [-0.39, 0.29) is 0 Å². The molecule has 0 radical (unpaired) electrons. The fraction of sp³-hybridized carbons (Fsp3) is 0.538. The average molecular weight is 252 g/mol. The minimum atomic E-state index is 0.597. The number of benzene rings is 1. The number of methoxy groups -OCH3 is 1. The van der Waals surface area contributed by atoms with E-state index >= 15 is 0 Å². The van der Waals surface area contributed by atoms with Crippen LogP contribution in [0.3, 0.4) is 0 Å². The summed E-state index contributed by atoms with van der Waals surface area (Å²) in [6.07, 6.45) is 0. The molecule has 3 nitrogen and oxygen atoms in total. The van der Waals surface area contributed by atoms with Crippen molar-refractivity contribution < 1.29 is 4.74 Å². The lowest BCUT2D eigenvalue weighted by Gasteiger charge is -2.35. The van der Waals surface area contributed by atoms with Gasteiger partial charge < -0.3 is 15.4 Å². The van der Waals surface area contributed by atoms with Gasteiger partial charge in [-0.05, 0) is 18.6 Å². The topological polar surface area (TPSA) is 38.5 Å². The molecule has 2 N–H and O–H groups in total. The maximum Gasteiger partial charge on any atom is 0.143 e. The SMILES string of the molecule is COc1ccc(C)c2c1N(CCN)CC(C)S2. The van der Waals surface area contributed by atoms with Gasteiger partial charge >= 0.3 is 0 Å². The standard InChI is InChI=1S/C13H20N2OS/c1-9-4-5-11(16-3)12-13(9)17-10(2)8-15(12)7-6-14/h4-5,10H,6-8,14H2,1-3H3. The number of rotatable bonds is 3. The molecule has 0 aromatic heterocycles. The largest absolute Gasteiger partial charge is 0.495 e. The molecule has 0 bridgehead atoms. The third kappa shape index (κ3) is 2.38. The lowest BCUT2D eigenvalue weighted by molar-refractivity contribution is 0.412. The highest BCUT2D eigenvalue weighted by atomic mass is 32.2. The van der Waals surface area contributed by atoms with E-state index in [1.54, 1.807) is 7.11 Å². The van der Waals surface area contributed by atoms with Gasteiger partial charge in [0.15, 0.2) is 0 Å². The zero-order valence-corrected chi connectivity index (χ0v) is 11.5. The molecule has 0 saturated carbocycles. The predicted octanol–water partition coefficient (Wildman–Crippen LogP) is 2.26. The molecule has 1 heterocycles. The highest BCUT2D eigenvalue weighted by molar-refractivity contribution is 8.00. The first-order valence-electron chi connectivity index (χ1n) is 5.96. The molecule has 1 aromatic carbocycles. The zero-order valence-electron chi connectivity index (χ0n) is 10.7. The van der Waals surface area contributed by atoms with Gasteiger partial charge in [-0.3, -0.25) is 0 Å². The van der Waals surface area contributed by atoms with E-state index < -0.39 is 0 Å². The lowest BCUT2D eigenvalue weighted by Crippen LogP contribution is -2.37. The molecule has 1 aromatic rings. The summed E-state index contributed by atoms with van der Waals surface area (Å²) in [5, 5.41) is 0.597. The summed E-state index contributed by atoms with van der Waals surface area (Å²) >= 11 is 1.94. The first-order chi connectivity index (χ1) is 8.17. The zero-order chi connectivity index (χ0) is 12.4. The summed E-state index contributed by atoms with van der Waals surface area (Å²) in [5.41, 5.74) is 8.24. The Hall–Kier alpha value is -0.870. The van der Waals surface area contributed by atoms with Gasteiger partial charge in [-0.1, -0.05) is 13.0 Å². The van der Waals surface area contributed by atoms with Crippen LogP contribution in [0.4, 0.5) is 5.69 Å². The van der Waals surface area contributed by atoms with Crippen molar-refractivity contribution in [2.45, 2.75) is 24.0 Å². The summed E-state index contributed by atoms with van der Waals surface area (Å²) in [5.74, 6) is 0.957. The smallest absolute Gasteiger partial charge is 0.143 e. The quantitative estimate of drug-likeness (QED) is 0.895. The van der Waals surface area contributed by atoms with Crippen molar-refractivity contribution in [2.75, 3.05) is 31.6 Å². The lowest BCUT2D eigenvalue weighted by atomic mass is 10.1. The number of aryl methyl sites for hydroxylation is 1. The van der Waals surface area contributed by atoms with E-state index in [0.29, 0.717) is 11.8 Å². The van der Waals surface area contributed by atoms with Crippen LogP contribution in [0, 0.1) is 6.92 Å². The Balaban J connectivity index is 2.49. The Labute approximate surface area is 107 Å². The molecule has 4 heteroatoms. The molecule has 0 spiro atoms. The van der Waals surface area contributed by atoms with Crippen LogP contribution in [-0.2, 0) is 0 Å². The first kappa shape index (κ1) is 12.6. The van der Waals surface area contributed by atoms with Gasteiger partial charge in [0.1, 0.15) is 5.75 Å². The monoisotopic (exact) mass is 252 g/mol. The molecular weight excluding hydrogens is 232 g/mol. The van der Waals surface area contributed by atoms with Crippen molar-refractivity contribution in [1.29, 1.82) is 0 Å². The van der Waals surface area contributed by atoms with Gasteiger partial charge in [-0.15, -0.1) is 11.8 Å². The predicted molar refractivity (Wildman–Crippen MR) is 74.3 cm³/mol. The number of hydrogen-bond acceptors (Lipinski definition) is 4. The molecule has 1 aliphatic rings. The van der Waals surface area contributed by atoms with Crippen molar-refractivity contribution >= 4 is 17.4 Å². The van der Waals surface area contributed by atoms with Gasteiger partial charge in [-0.2, -0.15) is 0 Å². The van der Waals surface area contributed by atoms with Crippen LogP contribution in [0.5, 0.6) is 5.75 Å². The summed E-state index contributed by atoms with van der Waals surface area (Å²) in [6, 6.07) is 4.18. The molecule has 2 rings (SSSR count). The molecule has 17 heavy (non-hydrogen) atoms. The normalized spacial score (nSPS) is 19.1. The molecule has 94 valence electrons. The summed E-state index contributed by atoms with van der Waals surface area (Å²) < 4.78 is 5.48. The molecular formula is C13H20N2OS. The molecule has 0 saturated heterocycles. The van der Waals surface area contributed by atoms with E-state index in [1.807, 2.05) is 17.8 Å². The second-order valence-corrected chi connectivity index (χ2v) is 5.87. The van der Waals surface area contributed by atoms with E-state index in [9.17, 15) is 0 Å². The van der Waals surface area contributed by atoms with E-state index in [0.717, 1.165) is 18.8 Å². The number of anilines is 1. The fourth-order valence-electron chi connectivity index (χ4n) is 2.27. The van der Waals surface area contributed by atoms with Crippen LogP contribution in [0.25, 0.3) is 0 Å². The van der Waals surface area contributed by atoms with E-state index in [4.69, 9.17) is 10.5 Å². The Morgan fingerprint density at radius 3 is 2.94 bits per heavy atom. The second-order valence-electron chi connectivity index (χ2n) is 4.43. The highest BCUT2D eigenvalue weighted by Crippen LogP contribution is 2.45. The van der Waals surface area contributed by atoms with Crippen molar-refractivity contribution in [3.63, 3.8) is 0 Å². The van der Waals surface area contributed by atoms with E-state index in [1.165, 1.54) is 16.1 Å². The minimum Gasteiger partial charge on any atom is -0.495 e. The summed E-state index contributed by atoms with van der Waals surface area (Å²) in [7, 11) is 1.73. The van der Waals surface area contributed by atoms with Gasteiger partial charge in [-0.25, -0.2) is 0 Å². The second kappa shape index (κ2) is 5.19. The maximum absolute atomic E-state index is 5.70. The molecule has 0 fully saturated rings. The highest BCUT2D eigenvalue weighted by Gasteiger charge is 2.26. The molecule has 1 aliphatic heterocycles. The number of fused-ring (bicyclic) bond motifs is 1. The first-order valence-corrected chi connectivity index (χ1v) is 6.84. The van der Waals surface area contributed by atoms with Crippen LogP contribution in [0.2, 0.25) is 0 Å². The van der Waals surface area contributed by atoms with Crippen LogP contribution in [0.1, 0.15) is 12.5 Å². The molecule has 1 atom stereocenters. The van der Waals surface area contributed by atoms with Gasteiger partial charge in [0, 0.05) is 29.8 Å². The summed E-state index contributed by atoms with van der Waals surface area (Å²) in [4.78, 5) is 3.69. The van der Waals surface area contributed by atoms with Crippen LogP contribution < -0.4 is 15.4 Å². The number of thioether (sulfide) groups is 1. The number of ether oxygens (including phenoxy) is 1. The van der Waals surface area contributed by atoms with Crippen molar-refractivity contribution in [1.82, 2.24) is 0 Å². The number of nitrogens with zero attached hydrogens (tertiary/aromatic N) is 1. The fourth-order valence-corrected chi connectivity index (χ4v) is 3.52. The van der Waals surface area contributed by atoms with Crippen molar-refractivity contribution in [3.05, 3.63) is 17.7 Å². The number of nitrogens with two attached hydrogens (primary N) is 1. The van der Waals surface area contributed by atoms with Crippen molar-refractivity contribution in [2.24, 2.45) is 5.73 Å². The van der Waals surface area contributed by atoms with Crippen LogP contribution in [-0.4, -0.2) is 32.0 Å². The Bertz CT molecular complexity index is 409. The number of hydrogen-bond donors (Lipinski definition) is 1. The van der Waals surface area contributed by atoms with Crippen LogP contribution in [0.15, 0.2) is 17.0 Å². The molecule has 1 unspecified atom stereocenters. The van der Waals surface area contributed by atoms with Crippen LogP contribution >= 0.6 is 11.8 Å². The Kier molecular flexibility index (Phi) is 3.84. The molecule has 0 amide bonds. The van der Waals surface area contributed by atoms with E-state index in [2.05, 4.69) is 24.8 Å².